The standard InChI is InChI=1S/C20H31N3OS.HI/c1-3-21-20(23-17-5-4-6-18(14-17)25-2)22-11-9-15-7-8-19-16(13-15)10-12-24-19;/h7-8,13,17-18H,3-6,9-12,14H2,1-2H3,(H2,21,22,23);1H. The van der Waals surface area contributed by atoms with Crippen LogP contribution >= 0.6 is 35.7 Å². The Morgan fingerprint density at radius 3 is 3.04 bits per heavy atom. The number of benzene rings is 1. The molecule has 2 unspecified atom stereocenters. The largest absolute Gasteiger partial charge is 0.493 e. The Bertz CT molecular complexity index is 596. The molecule has 4 nitrogen and oxygen atoms in total. The minimum atomic E-state index is 0. The van der Waals surface area contributed by atoms with Gasteiger partial charge in [0.15, 0.2) is 5.96 Å². The van der Waals surface area contributed by atoms with E-state index in [-0.39, 0.29) is 24.0 Å². The second-order valence-corrected chi connectivity index (χ2v) is 8.05. The summed E-state index contributed by atoms with van der Waals surface area (Å²) in [6, 6.07) is 7.11. The summed E-state index contributed by atoms with van der Waals surface area (Å²) in [7, 11) is 0. The molecular formula is C20H32IN3OS. The van der Waals surface area contributed by atoms with Gasteiger partial charge in [-0.05, 0) is 56.1 Å². The Labute approximate surface area is 179 Å². The number of hydrogen-bond donors (Lipinski definition) is 2. The van der Waals surface area contributed by atoms with Crippen LogP contribution in [0.3, 0.4) is 0 Å². The van der Waals surface area contributed by atoms with Crippen LogP contribution in [-0.2, 0) is 12.8 Å². The van der Waals surface area contributed by atoms with Gasteiger partial charge in [0.2, 0.25) is 0 Å². The Kier molecular flexibility index (Phi) is 9.39. The Morgan fingerprint density at radius 1 is 1.35 bits per heavy atom. The minimum Gasteiger partial charge on any atom is -0.493 e. The molecule has 2 atom stereocenters. The molecule has 0 aromatic heterocycles. The summed E-state index contributed by atoms with van der Waals surface area (Å²) >= 11 is 2.00. The third-order valence-corrected chi connectivity index (χ3v) is 6.16. The lowest BCUT2D eigenvalue weighted by molar-refractivity contribution is 0.357. The second kappa shape index (κ2) is 11.3. The van der Waals surface area contributed by atoms with Crippen LogP contribution in [0.1, 0.15) is 43.7 Å². The van der Waals surface area contributed by atoms with Gasteiger partial charge >= 0.3 is 0 Å². The van der Waals surface area contributed by atoms with Crippen LogP contribution in [0, 0.1) is 0 Å². The van der Waals surface area contributed by atoms with Crippen molar-refractivity contribution in [2.75, 3.05) is 26.0 Å². The fourth-order valence-electron chi connectivity index (χ4n) is 3.70. The maximum atomic E-state index is 5.58. The van der Waals surface area contributed by atoms with E-state index in [1.807, 2.05) is 11.8 Å². The summed E-state index contributed by atoms with van der Waals surface area (Å²) in [4.78, 5) is 4.80. The van der Waals surface area contributed by atoms with Crippen molar-refractivity contribution in [2.45, 2.75) is 56.7 Å². The van der Waals surface area contributed by atoms with E-state index in [9.17, 15) is 0 Å². The second-order valence-electron chi connectivity index (χ2n) is 6.92. The van der Waals surface area contributed by atoms with Crippen LogP contribution in [0.5, 0.6) is 5.75 Å². The number of guanidine groups is 1. The lowest BCUT2D eigenvalue weighted by Gasteiger charge is -2.29. The molecule has 2 aliphatic rings. The van der Waals surface area contributed by atoms with Gasteiger partial charge in [-0.1, -0.05) is 18.6 Å². The summed E-state index contributed by atoms with van der Waals surface area (Å²) < 4.78 is 5.58. The average molecular weight is 489 g/mol. The zero-order valence-corrected chi connectivity index (χ0v) is 19.1. The number of nitrogens with one attached hydrogen (secondary N) is 2. The minimum absolute atomic E-state index is 0. The van der Waals surface area contributed by atoms with Crippen LogP contribution in [0.2, 0.25) is 0 Å². The first-order valence-electron chi connectivity index (χ1n) is 9.60. The molecule has 0 bridgehead atoms. The maximum absolute atomic E-state index is 5.58. The predicted molar refractivity (Wildman–Crippen MR) is 123 cm³/mol. The normalized spacial score (nSPS) is 22.2. The highest BCUT2D eigenvalue weighted by Crippen LogP contribution is 2.27. The van der Waals surface area contributed by atoms with E-state index in [2.05, 4.69) is 42.0 Å². The van der Waals surface area contributed by atoms with Crippen LogP contribution in [0.25, 0.3) is 0 Å². The topological polar surface area (TPSA) is 45.7 Å². The highest BCUT2D eigenvalue weighted by molar-refractivity contribution is 14.0. The number of ether oxygens (including phenoxy) is 1. The van der Waals surface area contributed by atoms with Crippen LogP contribution < -0.4 is 15.4 Å². The molecule has 1 aromatic rings. The van der Waals surface area contributed by atoms with E-state index in [1.54, 1.807) is 0 Å². The monoisotopic (exact) mass is 489 g/mol. The summed E-state index contributed by atoms with van der Waals surface area (Å²) in [5.41, 5.74) is 2.70. The molecule has 0 amide bonds. The predicted octanol–water partition coefficient (Wildman–Crippen LogP) is 4.01. The summed E-state index contributed by atoms with van der Waals surface area (Å²) in [6.45, 7) is 4.67. The van der Waals surface area contributed by atoms with Crippen molar-refractivity contribution in [3.63, 3.8) is 0 Å². The fourth-order valence-corrected chi connectivity index (χ4v) is 4.52. The van der Waals surface area contributed by atoms with E-state index in [0.29, 0.717) is 6.04 Å². The van der Waals surface area contributed by atoms with Gasteiger partial charge in [0, 0.05) is 30.8 Å². The number of halogens is 1. The van der Waals surface area contributed by atoms with E-state index in [4.69, 9.17) is 9.73 Å². The molecule has 1 aliphatic heterocycles. The highest BCUT2D eigenvalue weighted by atomic mass is 127. The highest BCUT2D eigenvalue weighted by Gasteiger charge is 2.21. The molecule has 1 aliphatic carbocycles. The zero-order valence-electron chi connectivity index (χ0n) is 15.9. The molecule has 1 fully saturated rings. The van der Waals surface area contributed by atoms with Gasteiger partial charge in [0.25, 0.3) is 0 Å². The van der Waals surface area contributed by atoms with Crippen molar-refractivity contribution in [3.8, 4) is 5.75 Å². The van der Waals surface area contributed by atoms with Crippen molar-refractivity contribution >= 4 is 41.7 Å². The van der Waals surface area contributed by atoms with Crippen LogP contribution in [0.15, 0.2) is 23.2 Å². The summed E-state index contributed by atoms with van der Waals surface area (Å²) in [5.74, 6) is 2.03. The van der Waals surface area contributed by atoms with E-state index < -0.39 is 0 Å². The number of nitrogens with zero attached hydrogens (tertiary/aromatic N) is 1. The number of aliphatic imine (C=N–C) groups is 1. The Hall–Kier alpha value is -0.630. The summed E-state index contributed by atoms with van der Waals surface area (Å²) in [6.07, 6.45) is 9.42. The third-order valence-electron chi connectivity index (χ3n) is 5.07. The third kappa shape index (κ3) is 6.22. The molecule has 1 aromatic carbocycles. The van der Waals surface area contributed by atoms with Gasteiger partial charge in [0.1, 0.15) is 5.75 Å². The van der Waals surface area contributed by atoms with E-state index in [0.717, 1.165) is 49.5 Å². The van der Waals surface area contributed by atoms with Crippen molar-refractivity contribution in [2.24, 2.45) is 4.99 Å². The average Bonchev–Trinajstić information content (AvgIpc) is 3.10. The van der Waals surface area contributed by atoms with Gasteiger partial charge in [-0.15, -0.1) is 24.0 Å². The molecule has 2 N–H and O–H groups in total. The molecule has 1 heterocycles. The molecule has 0 saturated heterocycles. The lowest BCUT2D eigenvalue weighted by atomic mass is 9.95. The smallest absolute Gasteiger partial charge is 0.191 e. The number of hydrogen-bond acceptors (Lipinski definition) is 3. The fraction of sp³-hybridized carbons (Fsp3) is 0.650. The first kappa shape index (κ1) is 21.7. The van der Waals surface area contributed by atoms with Crippen molar-refractivity contribution < 1.29 is 4.74 Å². The zero-order chi connectivity index (χ0) is 17.5. The molecule has 0 radical (unpaired) electrons. The summed E-state index contributed by atoms with van der Waals surface area (Å²) in [5, 5.41) is 7.85. The van der Waals surface area contributed by atoms with Crippen LogP contribution in [0.4, 0.5) is 0 Å². The first-order chi connectivity index (χ1) is 12.3. The van der Waals surface area contributed by atoms with E-state index in [1.165, 1.54) is 36.8 Å². The van der Waals surface area contributed by atoms with Gasteiger partial charge in [-0.2, -0.15) is 11.8 Å². The molecule has 0 spiro atoms. The molecule has 6 heteroatoms. The lowest BCUT2D eigenvalue weighted by Crippen LogP contribution is -2.45. The maximum Gasteiger partial charge on any atom is 0.191 e. The Balaban J connectivity index is 0.00000243. The number of fused-ring (bicyclic) bond motifs is 1. The molecular weight excluding hydrogens is 457 g/mol. The van der Waals surface area contributed by atoms with Crippen molar-refractivity contribution in [3.05, 3.63) is 29.3 Å². The number of rotatable bonds is 6. The first-order valence-corrected chi connectivity index (χ1v) is 10.9. The molecule has 3 rings (SSSR count). The van der Waals surface area contributed by atoms with Crippen molar-refractivity contribution in [1.29, 1.82) is 0 Å². The molecule has 26 heavy (non-hydrogen) atoms. The van der Waals surface area contributed by atoms with Gasteiger partial charge < -0.3 is 15.4 Å². The SMILES string of the molecule is CCNC(=NCCc1ccc2c(c1)CCO2)NC1CCCC(SC)C1.I. The Morgan fingerprint density at radius 2 is 2.23 bits per heavy atom. The van der Waals surface area contributed by atoms with Gasteiger partial charge in [-0.25, -0.2) is 0 Å². The van der Waals surface area contributed by atoms with E-state index >= 15 is 0 Å². The quantitative estimate of drug-likeness (QED) is 0.360. The van der Waals surface area contributed by atoms with Gasteiger partial charge in [-0.3, -0.25) is 4.99 Å². The van der Waals surface area contributed by atoms with Crippen molar-refractivity contribution in [1.82, 2.24) is 10.6 Å². The van der Waals surface area contributed by atoms with Crippen LogP contribution in [-0.4, -0.2) is 43.2 Å². The number of thioether (sulfide) groups is 1. The molecule has 146 valence electrons. The van der Waals surface area contributed by atoms with Gasteiger partial charge in [0.05, 0.1) is 6.61 Å². The molecule has 1 saturated carbocycles.